The first-order valence-electron chi connectivity index (χ1n) is 5.44. The van der Waals surface area contributed by atoms with Crippen LogP contribution in [0.25, 0.3) is 0 Å². The van der Waals surface area contributed by atoms with Gasteiger partial charge < -0.3 is 10.1 Å². The van der Waals surface area contributed by atoms with Gasteiger partial charge in [-0.15, -0.1) is 0 Å². The van der Waals surface area contributed by atoms with E-state index in [0.29, 0.717) is 5.92 Å². The van der Waals surface area contributed by atoms with E-state index in [0.717, 1.165) is 29.9 Å². The molecule has 0 bridgehead atoms. The van der Waals surface area contributed by atoms with E-state index in [1.54, 1.807) is 0 Å². The van der Waals surface area contributed by atoms with E-state index in [1.807, 2.05) is 24.3 Å². The Bertz CT molecular complexity index is 293. The molecule has 1 N–H and O–H groups in total. The molecule has 15 heavy (non-hydrogen) atoms. The maximum Gasteiger partial charge on any atom is 0.119 e. The van der Waals surface area contributed by atoms with Crippen LogP contribution in [0.4, 0.5) is 0 Å². The molecular formula is C12H16BrNO. The molecule has 1 aliphatic heterocycles. The van der Waals surface area contributed by atoms with Crippen LogP contribution in [0, 0.1) is 5.92 Å². The number of piperidine rings is 1. The topological polar surface area (TPSA) is 21.3 Å². The minimum Gasteiger partial charge on any atom is -0.493 e. The quantitative estimate of drug-likeness (QED) is 0.911. The Labute approximate surface area is 99.1 Å². The first-order valence-corrected chi connectivity index (χ1v) is 6.23. The second kappa shape index (κ2) is 5.52. The van der Waals surface area contributed by atoms with Crippen LogP contribution in [-0.4, -0.2) is 19.7 Å². The SMILES string of the molecule is Brc1ccc(OC[C@@H]2CCCNC2)cc1. The minimum atomic E-state index is 0.669. The summed E-state index contributed by atoms with van der Waals surface area (Å²) in [6, 6.07) is 8.02. The van der Waals surface area contributed by atoms with Crippen LogP contribution in [0.5, 0.6) is 5.75 Å². The van der Waals surface area contributed by atoms with Crippen molar-refractivity contribution < 1.29 is 4.74 Å². The molecule has 2 rings (SSSR count). The van der Waals surface area contributed by atoms with Crippen molar-refractivity contribution in [2.24, 2.45) is 5.92 Å². The molecule has 0 radical (unpaired) electrons. The smallest absolute Gasteiger partial charge is 0.119 e. The third-order valence-electron chi connectivity index (χ3n) is 2.70. The summed E-state index contributed by atoms with van der Waals surface area (Å²) in [5.74, 6) is 1.63. The van der Waals surface area contributed by atoms with Crippen LogP contribution >= 0.6 is 15.9 Å². The molecule has 1 atom stereocenters. The van der Waals surface area contributed by atoms with Gasteiger partial charge in [-0.05, 0) is 43.7 Å². The molecule has 0 amide bonds. The van der Waals surface area contributed by atoms with Crippen LogP contribution in [0.15, 0.2) is 28.7 Å². The molecule has 0 unspecified atom stereocenters. The highest BCUT2D eigenvalue weighted by Gasteiger charge is 2.13. The molecule has 1 fully saturated rings. The number of rotatable bonds is 3. The lowest BCUT2D eigenvalue weighted by Gasteiger charge is -2.22. The van der Waals surface area contributed by atoms with Gasteiger partial charge in [0.25, 0.3) is 0 Å². The predicted molar refractivity (Wildman–Crippen MR) is 65.2 cm³/mol. The lowest BCUT2D eigenvalue weighted by atomic mass is 10.0. The Kier molecular flexibility index (Phi) is 4.03. The van der Waals surface area contributed by atoms with Crippen molar-refractivity contribution in [3.63, 3.8) is 0 Å². The van der Waals surface area contributed by atoms with Gasteiger partial charge >= 0.3 is 0 Å². The average Bonchev–Trinajstić information content (AvgIpc) is 2.30. The maximum atomic E-state index is 5.74. The summed E-state index contributed by atoms with van der Waals surface area (Å²) in [5.41, 5.74) is 0. The molecule has 1 aliphatic rings. The molecule has 1 aromatic rings. The number of hydrogen-bond donors (Lipinski definition) is 1. The molecule has 1 heterocycles. The molecule has 0 aromatic heterocycles. The van der Waals surface area contributed by atoms with Crippen LogP contribution in [0.2, 0.25) is 0 Å². The van der Waals surface area contributed by atoms with Crippen LogP contribution in [0.1, 0.15) is 12.8 Å². The Morgan fingerprint density at radius 3 is 2.80 bits per heavy atom. The highest BCUT2D eigenvalue weighted by Crippen LogP contribution is 2.18. The predicted octanol–water partition coefficient (Wildman–Crippen LogP) is 2.83. The van der Waals surface area contributed by atoms with Gasteiger partial charge in [0.1, 0.15) is 5.75 Å². The van der Waals surface area contributed by atoms with Gasteiger partial charge in [-0.25, -0.2) is 0 Å². The Balaban J connectivity index is 1.79. The molecule has 1 aromatic carbocycles. The number of halogens is 1. The van der Waals surface area contributed by atoms with Crippen molar-refractivity contribution in [2.45, 2.75) is 12.8 Å². The third kappa shape index (κ3) is 3.50. The summed E-state index contributed by atoms with van der Waals surface area (Å²) in [6.45, 7) is 3.08. The first-order chi connectivity index (χ1) is 7.34. The van der Waals surface area contributed by atoms with E-state index in [2.05, 4.69) is 21.2 Å². The van der Waals surface area contributed by atoms with Gasteiger partial charge in [0.05, 0.1) is 6.61 Å². The minimum absolute atomic E-state index is 0.669. The summed E-state index contributed by atoms with van der Waals surface area (Å²) in [5, 5.41) is 3.39. The molecular weight excluding hydrogens is 254 g/mol. The molecule has 0 aliphatic carbocycles. The van der Waals surface area contributed by atoms with Gasteiger partial charge in [0.15, 0.2) is 0 Å². The van der Waals surface area contributed by atoms with Crippen molar-refractivity contribution in [3.8, 4) is 5.75 Å². The van der Waals surface area contributed by atoms with Crippen molar-refractivity contribution in [2.75, 3.05) is 19.7 Å². The largest absolute Gasteiger partial charge is 0.493 e. The number of benzene rings is 1. The summed E-state index contributed by atoms with van der Waals surface area (Å²) in [4.78, 5) is 0. The monoisotopic (exact) mass is 269 g/mol. The summed E-state index contributed by atoms with van der Waals surface area (Å²) < 4.78 is 6.83. The van der Waals surface area contributed by atoms with E-state index in [4.69, 9.17) is 4.74 Å². The summed E-state index contributed by atoms with van der Waals surface area (Å²) >= 11 is 3.41. The second-order valence-corrected chi connectivity index (χ2v) is 4.89. The molecule has 0 saturated carbocycles. The number of nitrogens with one attached hydrogen (secondary N) is 1. The fraction of sp³-hybridized carbons (Fsp3) is 0.500. The molecule has 82 valence electrons. The van der Waals surface area contributed by atoms with Gasteiger partial charge in [0, 0.05) is 16.9 Å². The van der Waals surface area contributed by atoms with Gasteiger partial charge in [-0.3, -0.25) is 0 Å². The fourth-order valence-electron chi connectivity index (χ4n) is 1.81. The zero-order chi connectivity index (χ0) is 10.5. The van der Waals surface area contributed by atoms with Crippen molar-refractivity contribution in [3.05, 3.63) is 28.7 Å². The lowest BCUT2D eigenvalue weighted by molar-refractivity contribution is 0.218. The second-order valence-electron chi connectivity index (χ2n) is 3.98. The fourth-order valence-corrected chi connectivity index (χ4v) is 2.08. The van der Waals surface area contributed by atoms with Gasteiger partial charge in [-0.1, -0.05) is 15.9 Å². The van der Waals surface area contributed by atoms with Crippen molar-refractivity contribution in [1.82, 2.24) is 5.32 Å². The van der Waals surface area contributed by atoms with E-state index in [1.165, 1.54) is 12.8 Å². The van der Waals surface area contributed by atoms with E-state index in [-0.39, 0.29) is 0 Å². The van der Waals surface area contributed by atoms with Gasteiger partial charge in [0.2, 0.25) is 0 Å². The Morgan fingerprint density at radius 1 is 1.33 bits per heavy atom. The van der Waals surface area contributed by atoms with Crippen LogP contribution < -0.4 is 10.1 Å². The average molecular weight is 270 g/mol. The highest BCUT2D eigenvalue weighted by molar-refractivity contribution is 9.10. The Morgan fingerprint density at radius 2 is 2.13 bits per heavy atom. The van der Waals surface area contributed by atoms with Gasteiger partial charge in [-0.2, -0.15) is 0 Å². The van der Waals surface area contributed by atoms with Crippen LogP contribution in [-0.2, 0) is 0 Å². The van der Waals surface area contributed by atoms with Crippen LogP contribution in [0.3, 0.4) is 0 Å². The van der Waals surface area contributed by atoms with Crippen molar-refractivity contribution in [1.29, 1.82) is 0 Å². The third-order valence-corrected chi connectivity index (χ3v) is 3.23. The summed E-state index contributed by atoms with van der Waals surface area (Å²) in [6.07, 6.45) is 2.55. The highest BCUT2D eigenvalue weighted by atomic mass is 79.9. The van der Waals surface area contributed by atoms with Crippen molar-refractivity contribution >= 4 is 15.9 Å². The number of ether oxygens (including phenoxy) is 1. The molecule has 3 heteroatoms. The molecule has 1 saturated heterocycles. The maximum absolute atomic E-state index is 5.74. The lowest BCUT2D eigenvalue weighted by Crippen LogP contribution is -2.33. The standard InChI is InChI=1S/C12H16BrNO/c13-11-3-5-12(6-4-11)15-9-10-2-1-7-14-8-10/h3-6,10,14H,1-2,7-9H2/t10-/m1/s1. The molecule has 0 spiro atoms. The normalized spacial score (nSPS) is 21.3. The summed E-state index contributed by atoms with van der Waals surface area (Å²) in [7, 11) is 0. The zero-order valence-electron chi connectivity index (χ0n) is 8.71. The van der Waals surface area contributed by atoms with E-state index < -0.39 is 0 Å². The zero-order valence-corrected chi connectivity index (χ0v) is 10.3. The first kappa shape index (κ1) is 11.0. The van der Waals surface area contributed by atoms with E-state index in [9.17, 15) is 0 Å². The van der Waals surface area contributed by atoms with E-state index >= 15 is 0 Å². The molecule has 2 nitrogen and oxygen atoms in total. The number of hydrogen-bond acceptors (Lipinski definition) is 2. The Hall–Kier alpha value is -0.540.